The number of para-hydroxylation sites is 1. The van der Waals surface area contributed by atoms with Crippen molar-refractivity contribution in [1.82, 2.24) is 19.7 Å². The summed E-state index contributed by atoms with van der Waals surface area (Å²) >= 11 is 19.5. The molecule has 0 saturated carbocycles. The van der Waals surface area contributed by atoms with Crippen LogP contribution < -0.4 is 5.32 Å². The molecule has 10 heteroatoms. The number of carbonyl (C=O) groups is 1. The molecule has 0 bridgehead atoms. The number of aromatic nitrogens is 3. The number of anilines is 1. The summed E-state index contributed by atoms with van der Waals surface area (Å²) in [5.74, 6) is 0.781. The molecule has 0 aliphatic carbocycles. The second-order valence-corrected chi connectivity index (χ2v) is 9.30. The maximum atomic E-state index is 12.5. The van der Waals surface area contributed by atoms with Crippen molar-refractivity contribution in [3.8, 4) is 5.69 Å². The zero-order chi connectivity index (χ0) is 21.8. The summed E-state index contributed by atoms with van der Waals surface area (Å²) in [6.45, 7) is 2.86. The highest BCUT2D eigenvalue weighted by atomic mass is 35.5. The Morgan fingerprint density at radius 2 is 1.71 bits per heavy atom. The third-order valence-corrected chi connectivity index (χ3v) is 6.86. The number of amides is 1. The van der Waals surface area contributed by atoms with Gasteiger partial charge in [0, 0.05) is 5.69 Å². The monoisotopic (exact) mass is 495 g/mol. The van der Waals surface area contributed by atoms with Crippen LogP contribution in [0.3, 0.4) is 0 Å². The van der Waals surface area contributed by atoms with E-state index in [1.54, 1.807) is 0 Å². The third kappa shape index (κ3) is 5.54. The van der Waals surface area contributed by atoms with E-state index in [4.69, 9.17) is 34.8 Å². The first-order chi connectivity index (χ1) is 15.0. The van der Waals surface area contributed by atoms with Crippen molar-refractivity contribution in [1.29, 1.82) is 0 Å². The molecular formula is C21H20Cl3N5OS. The Balaban J connectivity index is 1.49. The van der Waals surface area contributed by atoms with Crippen molar-refractivity contribution >= 4 is 58.2 Å². The van der Waals surface area contributed by atoms with Crippen molar-refractivity contribution in [2.75, 3.05) is 24.2 Å². The van der Waals surface area contributed by atoms with E-state index in [2.05, 4.69) is 20.4 Å². The molecule has 1 saturated heterocycles. The normalized spacial score (nSPS) is 14.2. The van der Waals surface area contributed by atoms with Crippen LogP contribution in [0.5, 0.6) is 0 Å². The van der Waals surface area contributed by atoms with Crippen LogP contribution in [0.1, 0.15) is 18.7 Å². The molecule has 0 unspecified atom stereocenters. The molecule has 31 heavy (non-hydrogen) atoms. The van der Waals surface area contributed by atoms with Crippen molar-refractivity contribution in [2.45, 2.75) is 24.5 Å². The zero-order valence-electron chi connectivity index (χ0n) is 16.5. The Morgan fingerprint density at radius 3 is 2.45 bits per heavy atom. The van der Waals surface area contributed by atoms with Gasteiger partial charge in [-0.05, 0) is 50.2 Å². The van der Waals surface area contributed by atoms with Crippen LogP contribution in [0.4, 0.5) is 5.69 Å². The van der Waals surface area contributed by atoms with Crippen molar-refractivity contribution in [3.05, 3.63) is 63.4 Å². The predicted octanol–water partition coefficient (Wildman–Crippen LogP) is 5.55. The predicted molar refractivity (Wildman–Crippen MR) is 127 cm³/mol. The first-order valence-electron chi connectivity index (χ1n) is 9.80. The first-order valence-corrected chi connectivity index (χ1v) is 11.9. The Morgan fingerprint density at radius 1 is 1.00 bits per heavy atom. The molecule has 1 fully saturated rings. The van der Waals surface area contributed by atoms with Gasteiger partial charge in [0.15, 0.2) is 11.0 Å². The number of hydrogen-bond donors (Lipinski definition) is 1. The summed E-state index contributed by atoms with van der Waals surface area (Å²) in [4.78, 5) is 14.9. The fourth-order valence-electron chi connectivity index (χ4n) is 3.41. The number of rotatable bonds is 7. The van der Waals surface area contributed by atoms with Gasteiger partial charge < -0.3 is 5.32 Å². The quantitative estimate of drug-likeness (QED) is 0.343. The van der Waals surface area contributed by atoms with Crippen molar-refractivity contribution in [3.63, 3.8) is 0 Å². The summed E-state index contributed by atoms with van der Waals surface area (Å²) in [5.41, 5.74) is 1.39. The number of hydrogen-bond acceptors (Lipinski definition) is 5. The van der Waals surface area contributed by atoms with Crippen LogP contribution in [0, 0.1) is 0 Å². The number of thioether (sulfide) groups is 1. The smallest absolute Gasteiger partial charge is 0.234 e. The number of nitrogens with zero attached hydrogens (tertiary/aromatic N) is 4. The summed E-state index contributed by atoms with van der Waals surface area (Å²) < 4.78 is 2.02. The second kappa shape index (κ2) is 10.2. The van der Waals surface area contributed by atoms with Gasteiger partial charge in [0.1, 0.15) is 0 Å². The Labute approximate surface area is 199 Å². The van der Waals surface area contributed by atoms with Gasteiger partial charge in [-0.3, -0.25) is 14.3 Å². The summed E-state index contributed by atoms with van der Waals surface area (Å²) in [6.07, 6.45) is 2.41. The van der Waals surface area contributed by atoms with Gasteiger partial charge in [-0.15, -0.1) is 10.2 Å². The molecule has 1 aliphatic heterocycles. The fourth-order valence-corrected chi connectivity index (χ4v) is 4.77. The van der Waals surface area contributed by atoms with Gasteiger partial charge in [0.2, 0.25) is 5.91 Å². The number of nitrogens with one attached hydrogen (secondary N) is 1. The van der Waals surface area contributed by atoms with Crippen molar-refractivity contribution in [2.24, 2.45) is 0 Å². The molecule has 2 aromatic carbocycles. The van der Waals surface area contributed by atoms with E-state index in [0.717, 1.165) is 31.1 Å². The molecule has 3 aromatic rings. The van der Waals surface area contributed by atoms with Gasteiger partial charge in [-0.25, -0.2) is 0 Å². The van der Waals surface area contributed by atoms with E-state index in [1.807, 2.05) is 34.9 Å². The fraction of sp³-hybridized carbons (Fsp3) is 0.286. The molecule has 1 amide bonds. The van der Waals surface area contributed by atoms with Gasteiger partial charge >= 0.3 is 0 Å². The minimum atomic E-state index is -0.228. The maximum Gasteiger partial charge on any atom is 0.234 e. The van der Waals surface area contributed by atoms with Gasteiger partial charge in [-0.1, -0.05) is 64.8 Å². The highest BCUT2D eigenvalue weighted by Gasteiger charge is 2.20. The topological polar surface area (TPSA) is 63.1 Å². The lowest BCUT2D eigenvalue weighted by molar-refractivity contribution is -0.113. The molecule has 1 aliphatic rings. The van der Waals surface area contributed by atoms with E-state index < -0.39 is 0 Å². The highest BCUT2D eigenvalue weighted by Crippen LogP contribution is 2.32. The molecule has 0 spiro atoms. The molecule has 0 atom stereocenters. The lowest BCUT2D eigenvalue weighted by atomic mass is 10.3. The molecule has 4 rings (SSSR count). The number of carbonyl (C=O) groups excluding carboxylic acids is 1. The van der Waals surface area contributed by atoms with Crippen LogP contribution in [-0.2, 0) is 11.3 Å². The number of likely N-dealkylation sites (tertiary alicyclic amines) is 1. The van der Waals surface area contributed by atoms with Gasteiger partial charge in [0.05, 0.1) is 33.1 Å². The molecule has 162 valence electrons. The maximum absolute atomic E-state index is 12.5. The molecule has 0 radical (unpaired) electrons. The Bertz CT molecular complexity index is 1070. The summed E-state index contributed by atoms with van der Waals surface area (Å²) in [7, 11) is 0. The minimum Gasteiger partial charge on any atom is -0.324 e. The average molecular weight is 497 g/mol. The standard InChI is InChI=1S/C21H20Cl3N5OS/c22-15-10-17(24)18(11-16(15)23)25-20(30)13-31-21-27-26-19(12-28-8-4-5-9-28)29(21)14-6-2-1-3-7-14/h1-3,6-7,10-11H,4-5,8-9,12-13H2,(H,25,30). The van der Waals surface area contributed by atoms with Crippen LogP contribution in [-0.4, -0.2) is 44.4 Å². The Hall–Kier alpha value is -1.77. The molecule has 1 N–H and O–H groups in total. The lowest BCUT2D eigenvalue weighted by Gasteiger charge is -2.16. The van der Waals surface area contributed by atoms with E-state index in [1.165, 1.54) is 36.7 Å². The van der Waals surface area contributed by atoms with Gasteiger partial charge in [-0.2, -0.15) is 0 Å². The van der Waals surface area contributed by atoms with E-state index in [9.17, 15) is 4.79 Å². The van der Waals surface area contributed by atoms with Crippen molar-refractivity contribution < 1.29 is 4.79 Å². The molecular weight excluding hydrogens is 477 g/mol. The Kier molecular flexibility index (Phi) is 7.40. The SMILES string of the molecule is O=C(CSc1nnc(CN2CCCC2)n1-c1ccccc1)Nc1cc(Cl)c(Cl)cc1Cl. The number of benzene rings is 2. The zero-order valence-corrected chi connectivity index (χ0v) is 19.6. The molecule has 6 nitrogen and oxygen atoms in total. The van der Waals surface area contributed by atoms with Crippen LogP contribution in [0.15, 0.2) is 47.6 Å². The van der Waals surface area contributed by atoms with Crippen LogP contribution >= 0.6 is 46.6 Å². The number of halogens is 3. The minimum absolute atomic E-state index is 0.144. The largest absolute Gasteiger partial charge is 0.324 e. The van der Waals surface area contributed by atoms with E-state index in [-0.39, 0.29) is 11.7 Å². The first kappa shape index (κ1) is 22.4. The highest BCUT2D eigenvalue weighted by molar-refractivity contribution is 7.99. The van der Waals surface area contributed by atoms with Gasteiger partial charge in [0.25, 0.3) is 0 Å². The van der Waals surface area contributed by atoms with Crippen LogP contribution in [0.2, 0.25) is 15.1 Å². The summed E-state index contributed by atoms with van der Waals surface area (Å²) in [5, 5.41) is 13.2. The van der Waals surface area contributed by atoms with E-state index >= 15 is 0 Å². The second-order valence-electron chi connectivity index (χ2n) is 7.14. The molecule has 2 heterocycles. The average Bonchev–Trinajstić information content (AvgIpc) is 3.41. The summed E-state index contributed by atoms with van der Waals surface area (Å²) in [6, 6.07) is 13.0. The molecule has 1 aromatic heterocycles. The van der Waals surface area contributed by atoms with Crippen LogP contribution in [0.25, 0.3) is 5.69 Å². The van der Waals surface area contributed by atoms with E-state index in [0.29, 0.717) is 25.9 Å². The third-order valence-electron chi connectivity index (χ3n) is 4.89. The lowest BCUT2D eigenvalue weighted by Crippen LogP contribution is -2.21.